The number of benzene rings is 1. The number of hydrogen-bond donors (Lipinski definition) is 1. The van der Waals surface area contributed by atoms with Crippen LogP contribution in [0.2, 0.25) is 0 Å². The molecular formula is C16H23NO3S. The molecule has 2 aliphatic rings. The fourth-order valence-corrected chi connectivity index (χ4v) is 3.90. The van der Waals surface area contributed by atoms with Crippen LogP contribution in [-0.2, 0) is 22.9 Å². The third-order valence-electron chi connectivity index (χ3n) is 4.34. The van der Waals surface area contributed by atoms with Gasteiger partial charge in [-0.15, -0.1) is 0 Å². The number of hydrogen-bond acceptors (Lipinski definition) is 3. The number of anilines is 1. The van der Waals surface area contributed by atoms with Crippen molar-refractivity contribution in [2.24, 2.45) is 0 Å². The Morgan fingerprint density at radius 1 is 1.05 bits per heavy atom. The Hall–Kier alpha value is -1.23. The average Bonchev–Trinajstić information content (AvgIpc) is 2.85. The molecule has 0 amide bonds. The summed E-state index contributed by atoms with van der Waals surface area (Å²) in [4.78, 5) is 0. The highest BCUT2D eigenvalue weighted by molar-refractivity contribution is 7.92. The van der Waals surface area contributed by atoms with Crippen molar-refractivity contribution in [3.63, 3.8) is 0 Å². The van der Waals surface area contributed by atoms with Crippen molar-refractivity contribution in [1.82, 2.24) is 0 Å². The van der Waals surface area contributed by atoms with Crippen molar-refractivity contribution in [2.45, 2.75) is 57.5 Å². The molecule has 116 valence electrons. The fourth-order valence-electron chi connectivity index (χ4n) is 3.34. The topological polar surface area (TPSA) is 55.4 Å². The van der Waals surface area contributed by atoms with Gasteiger partial charge in [0.15, 0.2) is 0 Å². The number of nitrogens with one attached hydrogen (secondary N) is 1. The van der Waals surface area contributed by atoms with E-state index in [4.69, 9.17) is 4.74 Å². The maximum absolute atomic E-state index is 11.6. The quantitative estimate of drug-likeness (QED) is 0.929. The van der Waals surface area contributed by atoms with E-state index in [0.29, 0.717) is 11.4 Å². The van der Waals surface area contributed by atoms with Crippen LogP contribution in [-0.4, -0.2) is 20.8 Å². The summed E-state index contributed by atoms with van der Waals surface area (Å²) < 4.78 is 31.9. The van der Waals surface area contributed by atoms with E-state index in [9.17, 15) is 8.42 Å². The molecule has 5 heteroatoms. The van der Waals surface area contributed by atoms with Gasteiger partial charge in [-0.3, -0.25) is 4.72 Å². The van der Waals surface area contributed by atoms with Crippen LogP contribution in [0.25, 0.3) is 0 Å². The summed E-state index contributed by atoms with van der Waals surface area (Å²) in [5.41, 5.74) is 3.15. The summed E-state index contributed by atoms with van der Waals surface area (Å²) in [6.45, 7) is 0. The van der Waals surface area contributed by atoms with Crippen LogP contribution in [0, 0.1) is 0 Å². The van der Waals surface area contributed by atoms with E-state index in [1.54, 1.807) is 0 Å². The van der Waals surface area contributed by atoms with Crippen LogP contribution in [0.1, 0.15) is 49.7 Å². The van der Waals surface area contributed by atoms with Crippen molar-refractivity contribution in [1.29, 1.82) is 0 Å². The Bertz CT molecular complexity index is 619. The number of sulfonamides is 1. The first-order valence-corrected chi connectivity index (χ1v) is 9.71. The average molecular weight is 309 g/mol. The highest BCUT2D eigenvalue weighted by atomic mass is 32.2. The Morgan fingerprint density at radius 3 is 2.38 bits per heavy atom. The van der Waals surface area contributed by atoms with Gasteiger partial charge in [0.05, 0.1) is 18.0 Å². The van der Waals surface area contributed by atoms with Gasteiger partial charge in [0, 0.05) is 0 Å². The molecule has 0 spiro atoms. The Morgan fingerprint density at radius 2 is 1.71 bits per heavy atom. The fraction of sp³-hybridized carbons (Fsp3) is 0.625. The number of aryl methyl sites for hydroxylation is 2. The second-order valence-electron chi connectivity index (χ2n) is 6.22. The molecular weight excluding hydrogens is 286 g/mol. The molecule has 3 rings (SSSR count). The standard InChI is InChI=1S/C16H23NO3S/c1-21(18,19)17-15-10-12-6-5-7-13(12)11-16(15)20-14-8-3-2-4-9-14/h10-11,14,17H,2-9H2,1H3. The van der Waals surface area contributed by atoms with Gasteiger partial charge in [-0.05, 0) is 68.2 Å². The predicted molar refractivity (Wildman–Crippen MR) is 84.4 cm³/mol. The Balaban J connectivity index is 1.88. The smallest absolute Gasteiger partial charge is 0.229 e. The van der Waals surface area contributed by atoms with Gasteiger partial charge < -0.3 is 4.74 Å². The molecule has 1 N–H and O–H groups in total. The van der Waals surface area contributed by atoms with Gasteiger partial charge in [-0.2, -0.15) is 0 Å². The molecule has 0 bridgehead atoms. The van der Waals surface area contributed by atoms with Crippen LogP contribution < -0.4 is 9.46 Å². The largest absolute Gasteiger partial charge is 0.488 e. The third kappa shape index (κ3) is 3.70. The molecule has 0 radical (unpaired) electrons. The minimum absolute atomic E-state index is 0.221. The van der Waals surface area contributed by atoms with E-state index in [1.807, 2.05) is 12.1 Å². The normalized spacial score (nSPS) is 19.3. The van der Waals surface area contributed by atoms with Crippen molar-refractivity contribution >= 4 is 15.7 Å². The molecule has 0 aliphatic heterocycles. The molecule has 1 saturated carbocycles. The predicted octanol–water partition coefficient (Wildman–Crippen LogP) is 3.26. The van der Waals surface area contributed by atoms with E-state index in [-0.39, 0.29) is 6.10 Å². The van der Waals surface area contributed by atoms with Gasteiger partial charge in [0.25, 0.3) is 0 Å². The second-order valence-corrected chi connectivity index (χ2v) is 7.97. The minimum Gasteiger partial charge on any atom is -0.488 e. The number of fused-ring (bicyclic) bond motifs is 1. The summed E-state index contributed by atoms with van der Waals surface area (Å²) in [7, 11) is -3.29. The summed E-state index contributed by atoms with van der Waals surface area (Å²) >= 11 is 0. The first-order chi connectivity index (χ1) is 10.0. The van der Waals surface area contributed by atoms with Crippen molar-refractivity contribution in [3.8, 4) is 5.75 Å². The third-order valence-corrected chi connectivity index (χ3v) is 4.93. The lowest BCUT2D eigenvalue weighted by molar-refractivity contribution is 0.156. The summed E-state index contributed by atoms with van der Waals surface area (Å²) in [5, 5.41) is 0. The highest BCUT2D eigenvalue weighted by Gasteiger charge is 2.21. The van der Waals surface area contributed by atoms with Crippen molar-refractivity contribution < 1.29 is 13.2 Å². The molecule has 0 aromatic heterocycles. The molecule has 21 heavy (non-hydrogen) atoms. The van der Waals surface area contributed by atoms with Crippen LogP contribution in [0.4, 0.5) is 5.69 Å². The van der Waals surface area contributed by atoms with E-state index in [1.165, 1.54) is 36.6 Å². The van der Waals surface area contributed by atoms with Crippen LogP contribution in [0.3, 0.4) is 0 Å². The maximum atomic E-state index is 11.6. The summed E-state index contributed by atoms with van der Waals surface area (Å²) in [6.07, 6.45) is 10.4. The summed E-state index contributed by atoms with van der Waals surface area (Å²) in [5.74, 6) is 0.702. The zero-order chi connectivity index (χ0) is 14.9. The molecule has 0 saturated heterocycles. The Kier molecular flexibility index (Phi) is 4.11. The maximum Gasteiger partial charge on any atom is 0.229 e. The lowest BCUT2D eigenvalue weighted by Crippen LogP contribution is -2.21. The van der Waals surface area contributed by atoms with Crippen molar-refractivity contribution in [2.75, 3.05) is 11.0 Å². The molecule has 0 atom stereocenters. The second kappa shape index (κ2) is 5.87. The van der Waals surface area contributed by atoms with Gasteiger partial charge in [0.2, 0.25) is 10.0 Å². The first kappa shape index (κ1) is 14.7. The SMILES string of the molecule is CS(=O)(=O)Nc1cc2c(cc1OC1CCCCC1)CCC2. The van der Waals surface area contributed by atoms with E-state index >= 15 is 0 Å². The van der Waals surface area contributed by atoms with Crippen LogP contribution in [0.5, 0.6) is 5.75 Å². The van der Waals surface area contributed by atoms with Gasteiger partial charge in [-0.25, -0.2) is 8.42 Å². The first-order valence-electron chi connectivity index (χ1n) is 7.81. The zero-order valence-corrected chi connectivity index (χ0v) is 13.3. The summed E-state index contributed by atoms with van der Waals surface area (Å²) in [6, 6.07) is 4.01. The number of rotatable bonds is 4. The molecule has 2 aliphatic carbocycles. The molecule has 1 aromatic rings. The van der Waals surface area contributed by atoms with E-state index in [2.05, 4.69) is 4.72 Å². The van der Waals surface area contributed by atoms with Crippen LogP contribution in [0.15, 0.2) is 12.1 Å². The van der Waals surface area contributed by atoms with Crippen molar-refractivity contribution in [3.05, 3.63) is 23.3 Å². The van der Waals surface area contributed by atoms with Gasteiger partial charge in [-0.1, -0.05) is 6.42 Å². The number of ether oxygens (including phenoxy) is 1. The molecule has 1 aromatic carbocycles. The monoisotopic (exact) mass is 309 g/mol. The van der Waals surface area contributed by atoms with E-state index < -0.39 is 10.0 Å². The lowest BCUT2D eigenvalue weighted by atomic mass is 9.97. The van der Waals surface area contributed by atoms with E-state index in [0.717, 1.165) is 32.1 Å². The van der Waals surface area contributed by atoms with Gasteiger partial charge in [0.1, 0.15) is 5.75 Å². The Labute approximate surface area is 126 Å². The lowest BCUT2D eigenvalue weighted by Gasteiger charge is -2.25. The molecule has 0 heterocycles. The van der Waals surface area contributed by atoms with Crippen LogP contribution >= 0.6 is 0 Å². The van der Waals surface area contributed by atoms with Gasteiger partial charge >= 0.3 is 0 Å². The molecule has 0 unspecified atom stereocenters. The zero-order valence-electron chi connectivity index (χ0n) is 12.5. The minimum atomic E-state index is -3.29. The molecule has 1 fully saturated rings. The highest BCUT2D eigenvalue weighted by Crippen LogP contribution is 2.36. The molecule has 4 nitrogen and oxygen atoms in total.